The van der Waals surface area contributed by atoms with Crippen LogP contribution in [0.1, 0.15) is 16.2 Å². The highest BCUT2D eigenvalue weighted by Crippen LogP contribution is 2.26. The van der Waals surface area contributed by atoms with Gasteiger partial charge in [0.1, 0.15) is 11.6 Å². The molecule has 0 radical (unpaired) electrons. The first-order chi connectivity index (χ1) is 16.2. The lowest BCUT2D eigenvalue weighted by Crippen LogP contribution is -2.26. The van der Waals surface area contributed by atoms with Crippen LogP contribution in [0.4, 0.5) is 0 Å². The summed E-state index contributed by atoms with van der Waals surface area (Å²) in [4.78, 5) is 12.3. The van der Waals surface area contributed by atoms with Gasteiger partial charge in [-0.1, -0.05) is 30.0 Å². The number of carbonyl (C=O) groups is 1. The minimum absolute atomic E-state index is 0.143. The number of allylic oxidation sites excluding steroid dienone is 1. The van der Waals surface area contributed by atoms with Gasteiger partial charge in [0.25, 0.3) is 5.91 Å². The van der Waals surface area contributed by atoms with Crippen molar-refractivity contribution in [3.8, 4) is 17.2 Å². The fourth-order valence-electron chi connectivity index (χ4n) is 3.08. The molecule has 0 aliphatic heterocycles. The maximum Gasteiger partial charge on any atom is 0.251 e. The van der Waals surface area contributed by atoms with Crippen LogP contribution >= 0.6 is 11.8 Å². The van der Waals surface area contributed by atoms with Crippen molar-refractivity contribution in [1.29, 1.82) is 0 Å². The fourth-order valence-corrected chi connectivity index (χ4v) is 3.86. The zero-order valence-corrected chi connectivity index (χ0v) is 19.6. The number of thioether (sulfide) groups is 1. The molecule has 1 aromatic heterocycles. The average molecular weight is 469 g/mol. The first-order valence-corrected chi connectivity index (χ1v) is 11.5. The molecule has 0 spiro atoms. The summed E-state index contributed by atoms with van der Waals surface area (Å²) in [5.41, 5.74) is 0.578. The molecule has 2 aromatic carbocycles. The highest BCUT2D eigenvalue weighted by molar-refractivity contribution is 7.99. The molecule has 0 saturated carbocycles. The summed E-state index contributed by atoms with van der Waals surface area (Å²) >= 11 is 1.56. The van der Waals surface area contributed by atoms with Gasteiger partial charge in [-0.25, -0.2) is 0 Å². The molecule has 0 aliphatic rings. The molecule has 0 bridgehead atoms. The van der Waals surface area contributed by atoms with Crippen molar-refractivity contribution in [2.45, 2.75) is 18.1 Å². The molecule has 0 unspecified atom stereocenters. The van der Waals surface area contributed by atoms with Gasteiger partial charge in [-0.15, -0.1) is 16.8 Å². The highest BCUT2D eigenvalue weighted by Gasteiger charge is 2.13. The van der Waals surface area contributed by atoms with Gasteiger partial charge in [0.15, 0.2) is 16.7 Å². The third-order valence-electron chi connectivity index (χ3n) is 4.73. The number of benzene rings is 2. The fraction of sp³-hybridized carbons (Fsp3) is 0.292. The molecule has 33 heavy (non-hydrogen) atoms. The van der Waals surface area contributed by atoms with Gasteiger partial charge >= 0.3 is 0 Å². The van der Waals surface area contributed by atoms with E-state index in [1.807, 2.05) is 28.8 Å². The number of aromatic nitrogens is 3. The van der Waals surface area contributed by atoms with Crippen molar-refractivity contribution in [3.63, 3.8) is 0 Å². The Morgan fingerprint density at radius 2 is 1.85 bits per heavy atom. The Hall–Kier alpha value is -3.46. The second-order valence-corrected chi connectivity index (χ2v) is 7.94. The highest BCUT2D eigenvalue weighted by atomic mass is 32.2. The molecule has 174 valence electrons. The Bertz CT molecular complexity index is 1050. The second kappa shape index (κ2) is 12.5. The van der Waals surface area contributed by atoms with Gasteiger partial charge in [0.05, 0.1) is 20.8 Å². The summed E-state index contributed by atoms with van der Waals surface area (Å²) in [6, 6.07) is 14.5. The van der Waals surface area contributed by atoms with Crippen molar-refractivity contribution < 1.29 is 19.0 Å². The van der Waals surface area contributed by atoms with E-state index < -0.39 is 0 Å². The monoisotopic (exact) mass is 468 g/mol. The molecular formula is C24H28N4O4S. The van der Waals surface area contributed by atoms with Gasteiger partial charge in [-0.2, -0.15) is 0 Å². The van der Waals surface area contributed by atoms with Crippen LogP contribution in [0.25, 0.3) is 0 Å². The normalized spacial score (nSPS) is 10.5. The molecule has 1 heterocycles. The van der Waals surface area contributed by atoms with Crippen molar-refractivity contribution >= 4 is 17.7 Å². The van der Waals surface area contributed by atoms with E-state index in [4.69, 9.17) is 14.2 Å². The van der Waals surface area contributed by atoms with E-state index in [-0.39, 0.29) is 5.91 Å². The molecular weight excluding hydrogens is 440 g/mol. The number of rotatable bonds is 13. The quantitative estimate of drug-likeness (QED) is 0.233. The Balaban J connectivity index is 1.50. The number of hydrogen-bond acceptors (Lipinski definition) is 7. The van der Waals surface area contributed by atoms with Crippen LogP contribution < -0.4 is 19.5 Å². The molecule has 3 aromatic rings. The zero-order valence-electron chi connectivity index (χ0n) is 18.8. The van der Waals surface area contributed by atoms with Crippen molar-refractivity contribution in [1.82, 2.24) is 20.1 Å². The summed E-state index contributed by atoms with van der Waals surface area (Å²) in [5.74, 6) is 3.47. The number of para-hydroxylation sites is 2. The number of hydrogen-bond donors (Lipinski definition) is 1. The lowest BCUT2D eigenvalue weighted by molar-refractivity contribution is 0.0954. The second-order valence-electron chi connectivity index (χ2n) is 6.88. The molecule has 0 fully saturated rings. The van der Waals surface area contributed by atoms with Crippen LogP contribution in [0.2, 0.25) is 0 Å². The van der Waals surface area contributed by atoms with Gasteiger partial charge in [0, 0.05) is 30.8 Å². The molecule has 0 saturated heterocycles. The minimum Gasteiger partial charge on any atom is -0.497 e. The van der Waals surface area contributed by atoms with Crippen LogP contribution in [0, 0.1) is 0 Å². The van der Waals surface area contributed by atoms with E-state index in [0.717, 1.165) is 11.0 Å². The van der Waals surface area contributed by atoms with Crippen molar-refractivity contribution in [3.05, 3.63) is 72.6 Å². The predicted molar refractivity (Wildman–Crippen MR) is 128 cm³/mol. The standard InChI is InChI=1S/C24H28N4O4S/c1-4-15-28-22(13-14-25-23(29)18-9-11-19(30-2)12-10-18)26-27-24(28)33-17-16-32-21-8-6-5-7-20(21)31-3/h4-12H,1,13-17H2,2-3H3,(H,25,29). The third kappa shape index (κ3) is 6.76. The number of methoxy groups -OCH3 is 2. The Morgan fingerprint density at radius 3 is 2.55 bits per heavy atom. The van der Waals surface area contributed by atoms with Crippen LogP contribution in [-0.2, 0) is 13.0 Å². The number of amides is 1. The first-order valence-electron chi connectivity index (χ1n) is 10.5. The lowest BCUT2D eigenvalue weighted by atomic mass is 10.2. The SMILES string of the molecule is C=CCn1c(CCNC(=O)c2ccc(OC)cc2)nnc1SCCOc1ccccc1OC. The van der Waals surface area contributed by atoms with Gasteiger partial charge < -0.3 is 24.1 Å². The molecule has 0 aliphatic carbocycles. The Morgan fingerprint density at radius 1 is 1.09 bits per heavy atom. The van der Waals surface area contributed by atoms with Crippen molar-refractivity contribution in [2.75, 3.05) is 33.1 Å². The van der Waals surface area contributed by atoms with Crippen molar-refractivity contribution in [2.24, 2.45) is 0 Å². The largest absolute Gasteiger partial charge is 0.497 e. The minimum atomic E-state index is -0.143. The third-order valence-corrected chi connectivity index (χ3v) is 5.66. The molecule has 1 N–H and O–H groups in total. The number of nitrogens with zero attached hydrogens (tertiary/aromatic N) is 3. The van der Waals surface area contributed by atoms with E-state index in [0.29, 0.717) is 54.7 Å². The predicted octanol–water partition coefficient (Wildman–Crippen LogP) is 3.62. The van der Waals surface area contributed by atoms with Crippen LogP contribution in [0.5, 0.6) is 17.2 Å². The summed E-state index contributed by atoms with van der Waals surface area (Å²) in [7, 11) is 3.21. The van der Waals surface area contributed by atoms with Crippen LogP contribution in [0.3, 0.4) is 0 Å². The molecule has 1 amide bonds. The van der Waals surface area contributed by atoms with Crippen LogP contribution in [-0.4, -0.2) is 53.8 Å². The summed E-state index contributed by atoms with van der Waals surface area (Å²) in [6.07, 6.45) is 2.36. The maximum absolute atomic E-state index is 12.3. The van der Waals surface area contributed by atoms with E-state index >= 15 is 0 Å². The summed E-state index contributed by atoms with van der Waals surface area (Å²) in [6.45, 7) is 5.36. The number of ether oxygens (including phenoxy) is 3. The topological polar surface area (TPSA) is 87.5 Å². The lowest BCUT2D eigenvalue weighted by Gasteiger charge is -2.11. The summed E-state index contributed by atoms with van der Waals surface area (Å²) < 4.78 is 18.2. The number of nitrogens with one attached hydrogen (secondary N) is 1. The van der Waals surface area contributed by atoms with E-state index in [1.165, 1.54) is 0 Å². The molecule has 0 atom stereocenters. The zero-order chi connectivity index (χ0) is 23.5. The first kappa shape index (κ1) is 24.2. The molecule has 3 rings (SSSR count). The van der Waals surface area contributed by atoms with E-state index in [1.54, 1.807) is 56.3 Å². The average Bonchev–Trinajstić information content (AvgIpc) is 3.23. The molecule has 9 heteroatoms. The summed E-state index contributed by atoms with van der Waals surface area (Å²) in [5, 5.41) is 12.3. The van der Waals surface area contributed by atoms with Gasteiger partial charge in [-0.05, 0) is 36.4 Å². The van der Waals surface area contributed by atoms with E-state index in [9.17, 15) is 4.79 Å². The Kier molecular flexibility index (Phi) is 9.19. The van der Waals surface area contributed by atoms with Gasteiger partial charge in [0.2, 0.25) is 0 Å². The van der Waals surface area contributed by atoms with E-state index in [2.05, 4.69) is 22.1 Å². The maximum atomic E-state index is 12.3. The van der Waals surface area contributed by atoms with Crippen LogP contribution in [0.15, 0.2) is 66.3 Å². The molecule has 8 nitrogen and oxygen atoms in total. The number of carbonyl (C=O) groups excluding carboxylic acids is 1. The Labute approximate surface area is 198 Å². The smallest absolute Gasteiger partial charge is 0.251 e. The van der Waals surface area contributed by atoms with Gasteiger partial charge in [-0.3, -0.25) is 4.79 Å².